The van der Waals surface area contributed by atoms with E-state index >= 15 is 0 Å². The van der Waals surface area contributed by atoms with Crippen LogP contribution in [0.3, 0.4) is 0 Å². The Bertz CT molecular complexity index is 1630. The summed E-state index contributed by atoms with van der Waals surface area (Å²) in [6, 6.07) is 0. The highest BCUT2D eigenvalue weighted by Gasteiger charge is 2.24. The van der Waals surface area contributed by atoms with Crippen LogP contribution in [0.2, 0.25) is 0 Å². The molecule has 0 aromatic heterocycles. The second-order valence-electron chi connectivity index (χ2n) is 21.0. The number of carbonyl (C=O) groups excluding carboxylic acids is 9. The minimum Gasteiger partial charge on any atom is -0.466 e. The van der Waals surface area contributed by atoms with Crippen molar-refractivity contribution < 1.29 is 85.8 Å². The number of ether oxygens (including phenoxy) is 9. The Balaban J connectivity index is 0.000000453. The third kappa shape index (κ3) is 46.7. The topological polar surface area (TPSA) is 240 Å². The zero-order valence-electron chi connectivity index (χ0n) is 49.3. The van der Waals surface area contributed by atoms with Gasteiger partial charge in [0.15, 0.2) is 6.61 Å². The van der Waals surface area contributed by atoms with Crippen molar-refractivity contribution in [2.24, 2.45) is 0 Å². The summed E-state index contributed by atoms with van der Waals surface area (Å²) in [7, 11) is 0. The Morgan fingerprint density at radius 3 is 0.962 bits per heavy atom. The smallest absolute Gasteiger partial charge is 0.344 e. The molecule has 79 heavy (non-hydrogen) atoms. The average molecular weight is 1130 g/mol. The van der Waals surface area contributed by atoms with Gasteiger partial charge in [0.2, 0.25) is 0 Å². The van der Waals surface area contributed by atoms with E-state index in [9.17, 15) is 43.2 Å². The van der Waals surface area contributed by atoms with Gasteiger partial charge in [-0.1, -0.05) is 98.3 Å². The number of cyclic esters (lactones) is 9. The van der Waals surface area contributed by atoms with Gasteiger partial charge < -0.3 is 42.6 Å². The van der Waals surface area contributed by atoms with Gasteiger partial charge in [0, 0.05) is 44.9 Å². The molecular weight excluding hydrogens is 1020 g/mol. The summed E-state index contributed by atoms with van der Waals surface area (Å²) in [4.78, 5) is 93.1. The summed E-state index contributed by atoms with van der Waals surface area (Å²) in [5, 5.41) is 0. The van der Waals surface area contributed by atoms with E-state index in [0.29, 0.717) is 84.4 Å². The fourth-order valence-electron chi connectivity index (χ4n) is 8.65. The highest BCUT2D eigenvalue weighted by atomic mass is 16.6. The number of epoxide rings is 1. The molecule has 0 amide bonds. The molecule has 0 bridgehead atoms. The first-order valence-corrected chi connectivity index (χ1v) is 30.8. The quantitative estimate of drug-likeness (QED) is 0.0536. The van der Waals surface area contributed by atoms with Gasteiger partial charge >= 0.3 is 53.7 Å². The summed E-state index contributed by atoms with van der Waals surface area (Å²) < 4.78 is 43.0. The lowest BCUT2D eigenvalue weighted by Gasteiger charge is -2.21. The van der Waals surface area contributed by atoms with Crippen LogP contribution in [0.15, 0.2) is 0 Å². The fourth-order valence-corrected chi connectivity index (χ4v) is 8.65. The van der Waals surface area contributed by atoms with E-state index in [4.69, 9.17) is 23.7 Å². The van der Waals surface area contributed by atoms with E-state index in [1.54, 1.807) is 0 Å². The minimum absolute atomic E-state index is 0.00134. The maximum absolute atomic E-state index is 11.0. The second-order valence-corrected chi connectivity index (χ2v) is 21.0. The second kappa shape index (κ2) is 50.2. The third-order valence-electron chi connectivity index (χ3n) is 13.6. The van der Waals surface area contributed by atoms with Crippen LogP contribution in [0.1, 0.15) is 278 Å². The molecule has 18 heteroatoms. The van der Waals surface area contributed by atoms with Crippen molar-refractivity contribution in [3.8, 4) is 0 Å². The number of carbonyl (C=O) groups is 9. The molecule has 9 fully saturated rings. The maximum atomic E-state index is 11.0. The van der Waals surface area contributed by atoms with Crippen LogP contribution in [0.5, 0.6) is 0 Å². The van der Waals surface area contributed by atoms with E-state index in [2.05, 4.69) is 46.6 Å². The zero-order chi connectivity index (χ0) is 58.0. The molecule has 18 nitrogen and oxygen atoms in total. The molecule has 456 valence electrons. The first-order valence-electron chi connectivity index (χ1n) is 30.8. The van der Waals surface area contributed by atoms with Crippen LogP contribution in [0.4, 0.5) is 0 Å². The highest BCUT2D eigenvalue weighted by Crippen LogP contribution is 2.22. The van der Waals surface area contributed by atoms with Gasteiger partial charge in [-0.3, -0.25) is 38.4 Å². The Kier molecular flexibility index (Phi) is 45.9. The van der Waals surface area contributed by atoms with Crippen LogP contribution >= 0.6 is 0 Å². The molecule has 4 unspecified atom stereocenters. The predicted molar refractivity (Wildman–Crippen MR) is 297 cm³/mol. The molecule has 9 saturated heterocycles. The normalized spacial score (nSPS) is 22.4. The van der Waals surface area contributed by atoms with Crippen molar-refractivity contribution in [1.29, 1.82) is 0 Å². The first-order chi connectivity index (χ1) is 38.3. The van der Waals surface area contributed by atoms with Gasteiger partial charge in [0.1, 0.15) is 31.0 Å². The molecule has 0 aromatic carbocycles. The summed E-state index contributed by atoms with van der Waals surface area (Å²) in [5.41, 5.74) is 0. The Labute approximate surface area is 473 Å². The number of hydrogen-bond acceptors (Lipinski definition) is 18. The minimum atomic E-state index is -0.0833. The fraction of sp³-hybridized carbons (Fsp3) is 0.852. The molecule has 9 heterocycles. The first kappa shape index (κ1) is 72.2. The molecular formula is C61H104O18. The van der Waals surface area contributed by atoms with E-state index in [-0.39, 0.29) is 78.1 Å². The van der Waals surface area contributed by atoms with Crippen molar-refractivity contribution in [3.05, 3.63) is 0 Å². The molecule has 9 aliphatic heterocycles. The van der Waals surface area contributed by atoms with Gasteiger partial charge in [0.25, 0.3) is 0 Å². The molecule has 0 radical (unpaired) electrons. The number of hydrogen-bond donors (Lipinski definition) is 0. The van der Waals surface area contributed by atoms with Crippen LogP contribution in [-0.2, 0) is 85.8 Å². The summed E-state index contributed by atoms with van der Waals surface area (Å²) in [5.74, 6) is -0.251. The van der Waals surface area contributed by atoms with E-state index in [1.165, 1.54) is 89.9 Å². The zero-order valence-corrected chi connectivity index (χ0v) is 49.3. The van der Waals surface area contributed by atoms with Crippen molar-refractivity contribution in [2.75, 3.05) is 33.0 Å². The summed E-state index contributed by atoms with van der Waals surface area (Å²) in [6.45, 7) is 11.7. The summed E-state index contributed by atoms with van der Waals surface area (Å²) >= 11 is 0. The molecule has 0 spiro atoms. The Morgan fingerprint density at radius 2 is 0.570 bits per heavy atom. The molecule has 0 saturated carbocycles. The lowest BCUT2D eigenvalue weighted by atomic mass is 10.0. The SMILES string of the molecule is CCCCC1CCCCC(=O)O1.CCCCCC1CCCC(=O)O1.CCCCCCC1CCC(=O)O1.CCCCCCCC1CCC(=O)O1.O=C1CCCCCO1.O=C1CCCCO1.O=C1CCCO1.O=C1CCO1.O=C1CO1. The van der Waals surface area contributed by atoms with Gasteiger partial charge in [-0.25, -0.2) is 4.79 Å². The van der Waals surface area contributed by atoms with Gasteiger partial charge in [-0.2, -0.15) is 0 Å². The molecule has 9 aliphatic rings. The van der Waals surface area contributed by atoms with Crippen LogP contribution in [0, 0.1) is 0 Å². The van der Waals surface area contributed by atoms with Gasteiger partial charge in [0.05, 0.1) is 26.2 Å². The molecule has 9 rings (SSSR count). The number of rotatable bonds is 18. The van der Waals surface area contributed by atoms with E-state index in [1.807, 2.05) is 0 Å². The highest BCUT2D eigenvalue weighted by molar-refractivity contribution is 5.82. The van der Waals surface area contributed by atoms with Crippen LogP contribution in [0.25, 0.3) is 0 Å². The monoisotopic (exact) mass is 1120 g/mol. The molecule has 0 aliphatic carbocycles. The van der Waals surface area contributed by atoms with Crippen LogP contribution < -0.4 is 0 Å². The molecule has 0 N–H and O–H groups in total. The maximum Gasteiger partial charge on any atom is 0.344 e. The average Bonchev–Trinajstić information content (AvgIpc) is 3.82. The lowest BCUT2D eigenvalue weighted by molar-refractivity contribution is -0.157. The van der Waals surface area contributed by atoms with Gasteiger partial charge in [-0.05, 0) is 128 Å². The Morgan fingerprint density at radius 1 is 0.266 bits per heavy atom. The van der Waals surface area contributed by atoms with E-state index < -0.39 is 0 Å². The van der Waals surface area contributed by atoms with Gasteiger partial charge in [-0.15, -0.1) is 0 Å². The largest absolute Gasteiger partial charge is 0.466 e. The van der Waals surface area contributed by atoms with Crippen molar-refractivity contribution in [2.45, 2.75) is 303 Å². The van der Waals surface area contributed by atoms with Crippen molar-refractivity contribution >= 4 is 53.7 Å². The van der Waals surface area contributed by atoms with E-state index in [0.717, 1.165) is 109 Å². The number of esters is 8. The van der Waals surface area contributed by atoms with Crippen LogP contribution in [-0.4, -0.2) is 111 Å². The number of unbranched alkanes of at least 4 members (excludes halogenated alkanes) is 10. The third-order valence-corrected chi connectivity index (χ3v) is 13.6. The van der Waals surface area contributed by atoms with Crippen molar-refractivity contribution in [1.82, 2.24) is 0 Å². The standard InChI is InChI=1S/C11H20O2.3C10H18O2.C6H10O2.C5H8O2.C4H6O2.C3H4O2.C2H2O2/c1-2-3-4-5-6-7-10-8-9-11(12)13-10;1-2-3-6-9-7-4-5-8-10(11)12-9;1-2-3-4-6-9-7-5-8-10(11)12-9;1-2-3-4-5-6-9-7-8-10(11)12-9;7-6-4-2-1-3-5-8-6;6-5-3-1-2-4-7-5;5-4-2-1-3-6-4;4-3-1-2-5-3;3-2-1-4-2/h10H,2-9H2,1H3;3*9H,2-8H2,1H3;1-5H2;1-4H2;1-3H2;1-2H2;1H2. The summed E-state index contributed by atoms with van der Waals surface area (Å²) in [6.07, 6.45) is 41.3. The lowest BCUT2D eigenvalue weighted by Crippen LogP contribution is -2.23. The Hall–Kier alpha value is -4.77. The van der Waals surface area contributed by atoms with Crippen molar-refractivity contribution in [3.63, 3.8) is 0 Å². The predicted octanol–water partition coefficient (Wildman–Crippen LogP) is 12.7. The molecule has 4 atom stereocenters. The molecule has 0 aromatic rings.